The molecule has 0 amide bonds. The van der Waals surface area contributed by atoms with Crippen LogP contribution in [0.2, 0.25) is 0 Å². The minimum Gasteiger partial charge on any atom is -0.506 e. The van der Waals surface area contributed by atoms with Crippen LogP contribution >= 0.6 is 57.6 Å². The summed E-state index contributed by atoms with van der Waals surface area (Å²) >= 11 is 4.17. The summed E-state index contributed by atoms with van der Waals surface area (Å²) in [5.74, 6) is 0.314. The lowest BCUT2D eigenvalue weighted by Crippen LogP contribution is -2.11. The van der Waals surface area contributed by atoms with E-state index in [4.69, 9.17) is 10.8 Å². The average molecular weight is 469 g/mol. The Morgan fingerprint density at radius 3 is 2.19 bits per heavy atom. The van der Waals surface area contributed by atoms with E-state index in [0.717, 1.165) is 19.1 Å². The second-order valence-electron chi connectivity index (χ2n) is 3.31. The molecule has 0 saturated carbocycles. The number of phenols is 1. The summed E-state index contributed by atoms with van der Waals surface area (Å²) in [7, 11) is 0. The van der Waals surface area contributed by atoms with Crippen LogP contribution in [0, 0.1) is 7.14 Å². The molecular formula is C10H14ClI2NO2. The Hall–Kier alpha value is 0.690. The van der Waals surface area contributed by atoms with Gasteiger partial charge in [-0.3, -0.25) is 0 Å². The molecule has 0 aliphatic rings. The van der Waals surface area contributed by atoms with E-state index in [0.29, 0.717) is 12.2 Å². The number of rotatable bonds is 4. The molecule has 1 aromatic carbocycles. The largest absolute Gasteiger partial charge is 0.506 e. The number of phenolic OH excluding ortho intramolecular Hbond substituents is 1. The van der Waals surface area contributed by atoms with Gasteiger partial charge < -0.3 is 15.9 Å². The number of aromatic hydroxyl groups is 1. The standard InChI is InChI=1S/C10H13I2NO2.ClH/c11-7-4-6(5-8(12)10(7)15)9(13)2-1-3-14;/h4-5,9,14-15H,1-3,13H2;1H/t9-;/m1./s1. The molecule has 3 nitrogen and oxygen atoms in total. The first-order valence-electron chi connectivity index (χ1n) is 4.60. The molecule has 1 atom stereocenters. The third-order valence-electron chi connectivity index (χ3n) is 2.14. The van der Waals surface area contributed by atoms with Crippen LogP contribution < -0.4 is 5.73 Å². The molecule has 1 aromatic rings. The minimum atomic E-state index is -0.0696. The van der Waals surface area contributed by atoms with Crippen LogP contribution in [0.4, 0.5) is 0 Å². The Kier molecular flexibility index (Phi) is 8.25. The van der Waals surface area contributed by atoms with Crippen molar-refractivity contribution >= 4 is 57.6 Å². The zero-order valence-electron chi connectivity index (χ0n) is 8.49. The van der Waals surface area contributed by atoms with E-state index in [-0.39, 0.29) is 25.1 Å². The molecule has 6 heteroatoms. The number of benzene rings is 1. The van der Waals surface area contributed by atoms with E-state index >= 15 is 0 Å². The first-order valence-corrected chi connectivity index (χ1v) is 6.76. The molecule has 4 N–H and O–H groups in total. The van der Waals surface area contributed by atoms with Crippen LogP contribution in [-0.2, 0) is 0 Å². The van der Waals surface area contributed by atoms with Crippen molar-refractivity contribution in [3.8, 4) is 5.75 Å². The Labute approximate surface area is 128 Å². The highest BCUT2D eigenvalue weighted by Gasteiger charge is 2.11. The third-order valence-corrected chi connectivity index (χ3v) is 3.79. The van der Waals surface area contributed by atoms with Gasteiger partial charge in [0.15, 0.2) is 0 Å². The molecule has 92 valence electrons. The van der Waals surface area contributed by atoms with E-state index in [2.05, 4.69) is 45.2 Å². The van der Waals surface area contributed by atoms with Gasteiger partial charge in [0.2, 0.25) is 0 Å². The van der Waals surface area contributed by atoms with Crippen molar-refractivity contribution in [2.75, 3.05) is 6.61 Å². The summed E-state index contributed by atoms with van der Waals surface area (Å²) in [5, 5.41) is 18.3. The van der Waals surface area contributed by atoms with E-state index in [1.807, 2.05) is 12.1 Å². The van der Waals surface area contributed by atoms with Gasteiger partial charge in [0.05, 0.1) is 7.14 Å². The Balaban J connectivity index is 0.00000225. The third kappa shape index (κ3) is 4.52. The average Bonchev–Trinajstić information content (AvgIpc) is 2.21. The Morgan fingerprint density at radius 2 is 1.75 bits per heavy atom. The van der Waals surface area contributed by atoms with Crippen LogP contribution in [0.1, 0.15) is 24.4 Å². The molecule has 0 saturated heterocycles. The highest BCUT2D eigenvalue weighted by Crippen LogP contribution is 2.30. The van der Waals surface area contributed by atoms with Crippen LogP contribution in [0.15, 0.2) is 12.1 Å². The van der Waals surface area contributed by atoms with Gasteiger partial charge in [0.25, 0.3) is 0 Å². The van der Waals surface area contributed by atoms with Crippen LogP contribution in [-0.4, -0.2) is 16.8 Å². The molecule has 0 aliphatic heterocycles. The molecular weight excluding hydrogens is 455 g/mol. The van der Waals surface area contributed by atoms with Crippen molar-refractivity contribution in [3.63, 3.8) is 0 Å². The smallest absolute Gasteiger partial charge is 0.142 e. The van der Waals surface area contributed by atoms with Gasteiger partial charge >= 0.3 is 0 Å². The van der Waals surface area contributed by atoms with Gasteiger partial charge in [0.1, 0.15) is 5.75 Å². The van der Waals surface area contributed by atoms with Crippen molar-refractivity contribution in [2.45, 2.75) is 18.9 Å². The van der Waals surface area contributed by atoms with E-state index in [1.54, 1.807) is 0 Å². The summed E-state index contributed by atoms with van der Waals surface area (Å²) in [4.78, 5) is 0. The number of hydrogen-bond acceptors (Lipinski definition) is 3. The fraction of sp³-hybridized carbons (Fsp3) is 0.400. The molecule has 0 aromatic heterocycles. The summed E-state index contributed by atoms with van der Waals surface area (Å²) in [5.41, 5.74) is 6.98. The molecule has 16 heavy (non-hydrogen) atoms. The molecule has 0 aliphatic carbocycles. The number of hydrogen-bond donors (Lipinski definition) is 3. The molecule has 0 bridgehead atoms. The van der Waals surface area contributed by atoms with Gasteiger partial charge in [-0.2, -0.15) is 0 Å². The van der Waals surface area contributed by atoms with Crippen molar-refractivity contribution in [3.05, 3.63) is 24.8 Å². The predicted octanol–water partition coefficient (Wildman–Crippen LogP) is 2.80. The first kappa shape index (κ1) is 16.7. The predicted molar refractivity (Wildman–Crippen MR) is 84.0 cm³/mol. The maximum atomic E-state index is 9.59. The topological polar surface area (TPSA) is 66.5 Å². The van der Waals surface area contributed by atoms with Gasteiger partial charge in [0, 0.05) is 12.6 Å². The second kappa shape index (κ2) is 7.91. The number of halogens is 3. The van der Waals surface area contributed by atoms with Crippen molar-refractivity contribution in [1.29, 1.82) is 0 Å². The molecule has 1 rings (SSSR count). The lowest BCUT2D eigenvalue weighted by Gasteiger charge is -2.13. The summed E-state index contributed by atoms with van der Waals surface area (Å²) < 4.78 is 1.63. The normalized spacial score (nSPS) is 12.0. The van der Waals surface area contributed by atoms with Crippen molar-refractivity contribution in [1.82, 2.24) is 0 Å². The number of aliphatic hydroxyl groups is 1. The molecule has 0 spiro atoms. The first-order chi connectivity index (χ1) is 7.06. The molecule has 0 heterocycles. The van der Waals surface area contributed by atoms with Gasteiger partial charge in [-0.05, 0) is 75.7 Å². The lowest BCUT2D eigenvalue weighted by molar-refractivity contribution is 0.280. The Bertz CT molecular complexity index is 327. The van der Waals surface area contributed by atoms with E-state index in [1.165, 1.54) is 0 Å². The number of aliphatic hydroxyl groups excluding tert-OH is 1. The van der Waals surface area contributed by atoms with Gasteiger partial charge in [-0.15, -0.1) is 12.4 Å². The summed E-state index contributed by atoms with van der Waals surface area (Å²) in [6, 6.07) is 3.71. The maximum absolute atomic E-state index is 9.59. The highest BCUT2D eigenvalue weighted by atomic mass is 127. The lowest BCUT2D eigenvalue weighted by atomic mass is 10.0. The SMILES string of the molecule is Cl.N[C@H](CCCO)c1cc(I)c(O)c(I)c1. The molecule has 0 unspecified atom stereocenters. The quantitative estimate of drug-likeness (QED) is 0.595. The monoisotopic (exact) mass is 469 g/mol. The minimum absolute atomic E-state index is 0. The zero-order valence-corrected chi connectivity index (χ0v) is 13.6. The fourth-order valence-corrected chi connectivity index (χ4v) is 3.09. The van der Waals surface area contributed by atoms with Crippen LogP contribution in [0.25, 0.3) is 0 Å². The van der Waals surface area contributed by atoms with Gasteiger partial charge in [-0.25, -0.2) is 0 Å². The number of nitrogens with two attached hydrogens (primary N) is 1. The summed E-state index contributed by atoms with van der Waals surface area (Å²) in [6.07, 6.45) is 1.46. The zero-order chi connectivity index (χ0) is 11.4. The van der Waals surface area contributed by atoms with E-state index < -0.39 is 0 Å². The second-order valence-corrected chi connectivity index (χ2v) is 5.63. The molecule has 0 radical (unpaired) electrons. The van der Waals surface area contributed by atoms with Crippen LogP contribution in [0.3, 0.4) is 0 Å². The maximum Gasteiger partial charge on any atom is 0.142 e. The highest BCUT2D eigenvalue weighted by molar-refractivity contribution is 14.1. The van der Waals surface area contributed by atoms with Crippen LogP contribution in [0.5, 0.6) is 5.75 Å². The summed E-state index contributed by atoms with van der Waals surface area (Å²) in [6.45, 7) is 0.167. The molecule has 0 fully saturated rings. The van der Waals surface area contributed by atoms with Crippen molar-refractivity contribution in [2.24, 2.45) is 5.73 Å². The van der Waals surface area contributed by atoms with E-state index in [9.17, 15) is 5.11 Å². The van der Waals surface area contributed by atoms with Gasteiger partial charge in [-0.1, -0.05) is 0 Å². The Morgan fingerprint density at radius 1 is 1.25 bits per heavy atom. The fourth-order valence-electron chi connectivity index (χ4n) is 1.28. The van der Waals surface area contributed by atoms with Crippen molar-refractivity contribution < 1.29 is 10.2 Å².